The van der Waals surface area contributed by atoms with E-state index in [-0.39, 0.29) is 16.8 Å². The number of halogens is 1. The second-order valence-electron chi connectivity index (χ2n) is 3.70. The summed E-state index contributed by atoms with van der Waals surface area (Å²) in [5, 5.41) is 2.82. The third-order valence-corrected chi connectivity index (χ3v) is 2.82. The van der Waals surface area contributed by atoms with Crippen molar-refractivity contribution < 1.29 is 13.9 Å². The Kier molecular flexibility index (Phi) is 3.46. The molecule has 16 heavy (non-hydrogen) atoms. The summed E-state index contributed by atoms with van der Waals surface area (Å²) >= 11 is 3.93. The van der Waals surface area contributed by atoms with Crippen LogP contribution in [-0.2, 0) is 4.74 Å². The third-order valence-electron chi connectivity index (χ3n) is 2.47. The van der Waals surface area contributed by atoms with E-state index in [1.165, 1.54) is 18.2 Å². The number of nitrogens with one attached hydrogen (secondary N) is 1. The van der Waals surface area contributed by atoms with Gasteiger partial charge in [0.15, 0.2) is 0 Å². The number of rotatable bonds is 2. The summed E-state index contributed by atoms with van der Waals surface area (Å²) < 4.78 is 18.1. The van der Waals surface area contributed by atoms with E-state index < -0.39 is 5.82 Å². The first-order valence-electron chi connectivity index (χ1n) is 5.04. The Hall–Kier alpha value is -1.07. The number of amides is 1. The van der Waals surface area contributed by atoms with E-state index in [9.17, 15) is 9.18 Å². The topological polar surface area (TPSA) is 38.3 Å². The molecule has 0 radical (unpaired) electrons. The van der Waals surface area contributed by atoms with Gasteiger partial charge in [0.05, 0.1) is 12.6 Å². The maximum atomic E-state index is 12.9. The molecule has 1 aromatic rings. The number of thiol groups is 1. The second-order valence-corrected chi connectivity index (χ2v) is 4.18. The summed E-state index contributed by atoms with van der Waals surface area (Å²) in [4.78, 5) is 11.9. The summed E-state index contributed by atoms with van der Waals surface area (Å²) in [6, 6.07) is 4.16. The monoisotopic (exact) mass is 241 g/mol. The highest BCUT2D eigenvalue weighted by Gasteiger charge is 2.18. The minimum Gasteiger partial charge on any atom is -0.379 e. The molecular weight excluding hydrogens is 229 g/mol. The zero-order chi connectivity index (χ0) is 11.5. The van der Waals surface area contributed by atoms with E-state index >= 15 is 0 Å². The number of ether oxygens (including phenoxy) is 1. The fourth-order valence-electron chi connectivity index (χ4n) is 1.57. The lowest BCUT2D eigenvalue weighted by Crippen LogP contribution is -2.35. The van der Waals surface area contributed by atoms with Crippen molar-refractivity contribution in [1.29, 1.82) is 0 Å². The van der Waals surface area contributed by atoms with E-state index in [0.29, 0.717) is 18.8 Å². The largest absolute Gasteiger partial charge is 0.379 e. The Labute approximate surface area is 98.4 Å². The quantitative estimate of drug-likeness (QED) is 0.772. The first kappa shape index (κ1) is 11.4. The van der Waals surface area contributed by atoms with Crippen LogP contribution in [0.2, 0.25) is 0 Å². The normalized spacial score (nSPS) is 19.8. The van der Waals surface area contributed by atoms with Crippen LogP contribution in [0.25, 0.3) is 0 Å². The van der Waals surface area contributed by atoms with Gasteiger partial charge < -0.3 is 10.1 Å². The van der Waals surface area contributed by atoms with Gasteiger partial charge in [0.1, 0.15) is 5.82 Å². The number of hydrogen-bond acceptors (Lipinski definition) is 3. The fraction of sp³-hybridized carbons (Fsp3) is 0.364. The van der Waals surface area contributed by atoms with Gasteiger partial charge in [0.2, 0.25) is 0 Å². The molecule has 86 valence electrons. The summed E-state index contributed by atoms with van der Waals surface area (Å²) in [5.74, 6) is -0.644. The lowest BCUT2D eigenvalue weighted by atomic mass is 10.2. The minimum absolute atomic E-state index is 0.0564. The Morgan fingerprint density at radius 3 is 3.00 bits per heavy atom. The molecule has 5 heteroatoms. The predicted molar refractivity (Wildman–Crippen MR) is 60.3 cm³/mol. The maximum absolute atomic E-state index is 12.9. The van der Waals surface area contributed by atoms with Crippen LogP contribution < -0.4 is 5.32 Å². The Morgan fingerprint density at radius 1 is 1.56 bits per heavy atom. The average Bonchev–Trinajstić information content (AvgIpc) is 2.74. The molecule has 1 atom stereocenters. The maximum Gasteiger partial charge on any atom is 0.251 e. The van der Waals surface area contributed by atoms with Crippen molar-refractivity contribution in [2.75, 3.05) is 13.2 Å². The smallest absolute Gasteiger partial charge is 0.251 e. The molecule has 1 N–H and O–H groups in total. The van der Waals surface area contributed by atoms with Gasteiger partial charge in [-0.05, 0) is 24.6 Å². The molecule has 1 fully saturated rings. The highest BCUT2D eigenvalue weighted by atomic mass is 32.1. The molecule has 0 spiro atoms. The molecule has 1 saturated heterocycles. The highest BCUT2D eigenvalue weighted by molar-refractivity contribution is 7.80. The van der Waals surface area contributed by atoms with E-state index in [1.54, 1.807) is 0 Å². The van der Waals surface area contributed by atoms with Crippen LogP contribution in [0.15, 0.2) is 23.1 Å². The van der Waals surface area contributed by atoms with Crippen LogP contribution >= 0.6 is 12.6 Å². The SMILES string of the molecule is O=C(NC1CCOC1)c1ccc(F)c(S)c1. The van der Waals surface area contributed by atoms with Gasteiger partial charge in [-0.2, -0.15) is 0 Å². The summed E-state index contributed by atoms with van der Waals surface area (Å²) in [6.45, 7) is 1.22. The molecule has 0 bridgehead atoms. The van der Waals surface area contributed by atoms with E-state index in [4.69, 9.17) is 4.74 Å². The Bertz CT molecular complexity index is 405. The van der Waals surface area contributed by atoms with Gasteiger partial charge in [-0.15, -0.1) is 12.6 Å². The average molecular weight is 241 g/mol. The van der Waals surface area contributed by atoms with E-state index in [0.717, 1.165) is 6.42 Å². The van der Waals surface area contributed by atoms with Gasteiger partial charge in [-0.3, -0.25) is 4.79 Å². The molecule has 3 nitrogen and oxygen atoms in total. The minimum atomic E-state index is -0.427. The van der Waals surface area contributed by atoms with Crippen LogP contribution in [0.3, 0.4) is 0 Å². The lowest BCUT2D eigenvalue weighted by Gasteiger charge is -2.10. The number of benzene rings is 1. The van der Waals surface area contributed by atoms with Crippen LogP contribution in [0, 0.1) is 5.82 Å². The van der Waals surface area contributed by atoms with Crippen LogP contribution in [0.5, 0.6) is 0 Å². The molecule has 0 aromatic heterocycles. The standard InChI is InChI=1S/C11H12FNO2S/c12-9-2-1-7(5-10(9)16)11(14)13-8-3-4-15-6-8/h1-2,5,8,16H,3-4,6H2,(H,13,14). The van der Waals surface area contributed by atoms with Crippen LogP contribution in [0.4, 0.5) is 4.39 Å². The summed E-state index contributed by atoms with van der Waals surface area (Å²) in [6.07, 6.45) is 0.820. The fourth-order valence-corrected chi connectivity index (χ4v) is 1.78. The van der Waals surface area contributed by atoms with Crippen molar-refractivity contribution >= 4 is 18.5 Å². The van der Waals surface area contributed by atoms with Gasteiger partial charge in [-0.25, -0.2) is 4.39 Å². The molecule has 1 heterocycles. The second kappa shape index (κ2) is 4.84. The molecular formula is C11H12FNO2S. The zero-order valence-electron chi connectivity index (χ0n) is 8.57. The molecule has 2 rings (SSSR count). The highest BCUT2D eigenvalue weighted by Crippen LogP contribution is 2.14. The van der Waals surface area contributed by atoms with Crippen LogP contribution in [0.1, 0.15) is 16.8 Å². The first-order valence-corrected chi connectivity index (χ1v) is 5.48. The van der Waals surface area contributed by atoms with Crippen molar-refractivity contribution in [2.45, 2.75) is 17.4 Å². The van der Waals surface area contributed by atoms with Crippen molar-refractivity contribution in [1.82, 2.24) is 5.32 Å². The molecule has 1 aliphatic rings. The summed E-state index contributed by atoms with van der Waals surface area (Å²) in [5.41, 5.74) is 0.415. The lowest BCUT2D eigenvalue weighted by molar-refractivity contribution is 0.0929. The zero-order valence-corrected chi connectivity index (χ0v) is 9.47. The molecule has 0 saturated carbocycles. The molecule has 0 aliphatic carbocycles. The van der Waals surface area contributed by atoms with Gasteiger partial charge in [-0.1, -0.05) is 0 Å². The van der Waals surface area contributed by atoms with Crippen molar-refractivity contribution in [3.63, 3.8) is 0 Å². The third kappa shape index (κ3) is 2.54. The van der Waals surface area contributed by atoms with Gasteiger partial charge in [0, 0.05) is 17.1 Å². The molecule has 1 unspecified atom stereocenters. The molecule has 1 amide bonds. The van der Waals surface area contributed by atoms with Crippen molar-refractivity contribution in [3.05, 3.63) is 29.6 Å². The number of hydrogen-bond donors (Lipinski definition) is 2. The van der Waals surface area contributed by atoms with Crippen molar-refractivity contribution in [2.24, 2.45) is 0 Å². The van der Waals surface area contributed by atoms with Crippen LogP contribution in [-0.4, -0.2) is 25.2 Å². The Morgan fingerprint density at radius 2 is 2.38 bits per heavy atom. The number of carbonyl (C=O) groups is 1. The van der Waals surface area contributed by atoms with E-state index in [1.807, 2.05) is 0 Å². The predicted octanol–water partition coefficient (Wildman–Crippen LogP) is 1.63. The summed E-state index contributed by atoms with van der Waals surface area (Å²) in [7, 11) is 0. The van der Waals surface area contributed by atoms with Crippen molar-refractivity contribution in [3.8, 4) is 0 Å². The first-order chi connectivity index (χ1) is 7.66. The Balaban J connectivity index is 2.05. The number of carbonyl (C=O) groups excluding carboxylic acids is 1. The van der Waals surface area contributed by atoms with Gasteiger partial charge >= 0.3 is 0 Å². The van der Waals surface area contributed by atoms with E-state index in [2.05, 4.69) is 17.9 Å². The molecule has 1 aliphatic heterocycles. The molecule has 1 aromatic carbocycles. The van der Waals surface area contributed by atoms with Gasteiger partial charge in [0.25, 0.3) is 5.91 Å².